The molecule has 1 aromatic rings. The fourth-order valence-corrected chi connectivity index (χ4v) is 1.99. The lowest BCUT2D eigenvalue weighted by molar-refractivity contribution is 0.453. The second kappa shape index (κ2) is 4.13. The molecule has 0 atom stereocenters. The maximum Gasteiger partial charge on any atom is 0.0650 e. The Kier molecular flexibility index (Phi) is 2.87. The number of hydrogen-bond acceptors (Lipinski definition) is 2. The highest BCUT2D eigenvalue weighted by Gasteiger charge is 2.17. The Bertz CT molecular complexity index is 284. The summed E-state index contributed by atoms with van der Waals surface area (Å²) in [6.45, 7) is 6.64. The molecule has 0 radical (unpaired) electrons. The van der Waals surface area contributed by atoms with Gasteiger partial charge < -0.3 is 5.32 Å². The normalized spacial score (nSPS) is 19.1. The van der Waals surface area contributed by atoms with Gasteiger partial charge in [-0.15, -0.1) is 0 Å². The molecular formula is C11H19N3. The average Bonchev–Trinajstić information content (AvgIpc) is 2.68. The van der Waals surface area contributed by atoms with Crippen LogP contribution in [0.15, 0.2) is 6.07 Å². The van der Waals surface area contributed by atoms with Gasteiger partial charge in [0.1, 0.15) is 0 Å². The highest BCUT2D eigenvalue weighted by Crippen LogP contribution is 2.25. The van der Waals surface area contributed by atoms with Crippen molar-refractivity contribution in [2.75, 3.05) is 13.1 Å². The Labute approximate surface area is 85.3 Å². The molecule has 2 N–H and O–H groups in total. The average molecular weight is 193 g/mol. The number of piperidine rings is 1. The molecule has 3 nitrogen and oxygen atoms in total. The SMILES string of the molecule is CC(C)c1cc(C2CCNCC2)[nH]n1. The van der Waals surface area contributed by atoms with Gasteiger partial charge in [-0.25, -0.2) is 0 Å². The predicted octanol–water partition coefficient (Wildman–Crippen LogP) is 2.00. The van der Waals surface area contributed by atoms with Crippen molar-refractivity contribution >= 4 is 0 Å². The Morgan fingerprint density at radius 1 is 1.36 bits per heavy atom. The lowest BCUT2D eigenvalue weighted by Crippen LogP contribution is -2.26. The van der Waals surface area contributed by atoms with Crippen molar-refractivity contribution in [2.45, 2.75) is 38.5 Å². The summed E-state index contributed by atoms with van der Waals surface area (Å²) in [5, 5.41) is 10.9. The second-order valence-corrected chi connectivity index (χ2v) is 4.43. The van der Waals surface area contributed by atoms with E-state index in [1.807, 2.05) is 0 Å². The summed E-state index contributed by atoms with van der Waals surface area (Å²) in [5.74, 6) is 1.22. The van der Waals surface area contributed by atoms with Crippen LogP contribution < -0.4 is 5.32 Å². The Morgan fingerprint density at radius 3 is 2.64 bits per heavy atom. The topological polar surface area (TPSA) is 40.7 Å². The van der Waals surface area contributed by atoms with Crippen molar-refractivity contribution in [3.63, 3.8) is 0 Å². The maximum atomic E-state index is 4.35. The zero-order valence-electron chi connectivity index (χ0n) is 9.01. The fourth-order valence-electron chi connectivity index (χ4n) is 1.99. The molecule has 1 fully saturated rings. The van der Waals surface area contributed by atoms with Crippen molar-refractivity contribution in [1.82, 2.24) is 15.5 Å². The first kappa shape index (κ1) is 9.71. The second-order valence-electron chi connectivity index (χ2n) is 4.43. The highest BCUT2D eigenvalue weighted by molar-refractivity contribution is 5.16. The van der Waals surface area contributed by atoms with Crippen molar-refractivity contribution in [3.8, 4) is 0 Å². The van der Waals surface area contributed by atoms with E-state index in [0.717, 1.165) is 13.1 Å². The lowest BCUT2D eigenvalue weighted by atomic mass is 9.94. The Morgan fingerprint density at radius 2 is 2.07 bits per heavy atom. The Balaban J connectivity index is 2.07. The van der Waals surface area contributed by atoms with Crippen molar-refractivity contribution < 1.29 is 0 Å². The summed E-state index contributed by atoms with van der Waals surface area (Å²) in [6.07, 6.45) is 2.47. The van der Waals surface area contributed by atoms with Gasteiger partial charge in [-0.2, -0.15) is 5.10 Å². The summed E-state index contributed by atoms with van der Waals surface area (Å²) in [4.78, 5) is 0. The van der Waals surface area contributed by atoms with Gasteiger partial charge in [-0.05, 0) is 37.9 Å². The molecule has 3 heteroatoms. The summed E-state index contributed by atoms with van der Waals surface area (Å²) in [7, 11) is 0. The minimum atomic E-state index is 0.529. The molecule has 0 unspecified atom stereocenters. The maximum absolute atomic E-state index is 4.35. The van der Waals surface area contributed by atoms with E-state index in [9.17, 15) is 0 Å². The Hall–Kier alpha value is -0.830. The van der Waals surface area contributed by atoms with Gasteiger partial charge in [0.25, 0.3) is 0 Å². The van der Waals surface area contributed by atoms with Crippen LogP contribution >= 0.6 is 0 Å². The molecule has 1 aliphatic rings. The minimum Gasteiger partial charge on any atom is -0.317 e. The third-order valence-electron chi connectivity index (χ3n) is 2.99. The molecule has 0 aliphatic carbocycles. The molecule has 1 saturated heterocycles. The van der Waals surface area contributed by atoms with Gasteiger partial charge in [0.05, 0.1) is 5.69 Å². The third-order valence-corrected chi connectivity index (χ3v) is 2.99. The number of hydrogen-bond donors (Lipinski definition) is 2. The monoisotopic (exact) mass is 193 g/mol. The first-order valence-electron chi connectivity index (χ1n) is 5.53. The van der Waals surface area contributed by atoms with Gasteiger partial charge in [-0.1, -0.05) is 13.8 Å². The van der Waals surface area contributed by atoms with Gasteiger partial charge in [0.15, 0.2) is 0 Å². The summed E-state index contributed by atoms with van der Waals surface area (Å²) < 4.78 is 0. The molecule has 0 saturated carbocycles. The molecular weight excluding hydrogens is 174 g/mol. The summed E-state index contributed by atoms with van der Waals surface area (Å²) >= 11 is 0. The molecule has 78 valence electrons. The molecule has 2 heterocycles. The van der Waals surface area contributed by atoms with Gasteiger partial charge in [0.2, 0.25) is 0 Å². The summed E-state index contributed by atoms with van der Waals surface area (Å²) in [5.41, 5.74) is 2.52. The number of aromatic amines is 1. The van der Waals surface area contributed by atoms with E-state index in [-0.39, 0.29) is 0 Å². The quantitative estimate of drug-likeness (QED) is 0.754. The number of H-pyrrole nitrogens is 1. The van der Waals surface area contributed by atoms with E-state index < -0.39 is 0 Å². The van der Waals surface area contributed by atoms with Crippen molar-refractivity contribution in [3.05, 3.63) is 17.5 Å². The van der Waals surface area contributed by atoms with Crippen LogP contribution in [0.5, 0.6) is 0 Å². The van der Waals surface area contributed by atoms with E-state index in [4.69, 9.17) is 0 Å². The largest absolute Gasteiger partial charge is 0.317 e. The fraction of sp³-hybridized carbons (Fsp3) is 0.727. The smallest absolute Gasteiger partial charge is 0.0650 e. The first-order valence-corrected chi connectivity index (χ1v) is 5.53. The zero-order chi connectivity index (χ0) is 9.97. The van der Waals surface area contributed by atoms with Crippen LogP contribution in [-0.2, 0) is 0 Å². The predicted molar refractivity (Wildman–Crippen MR) is 57.5 cm³/mol. The van der Waals surface area contributed by atoms with Gasteiger partial charge >= 0.3 is 0 Å². The summed E-state index contributed by atoms with van der Waals surface area (Å²) in [6, 6.07) is 2.24. The van der Waals surface area contributed by atoms with Crippen LogP contribution in [-0.4, -0.2) is 23.3 Å². The molecule has 1 aromatic heterocycles. The highest BCUT2D eigenvalue weighted by atomic mass is 15.1. The number of aromatic nitrogens is 2. The molecule has 0 bridgehead atoms. The molecule has 0 aromatic carbocycles. The van der Waals surface area contributed by atoms with Gasteiger partial charge in [-0.3, -0.25) is 5.10 Å². The van der Waals surface area contributed by atoms with E-state index in [0.29, 0.717) is 11.8 Å². The van der Waals surface area contributed by atoms with Crippen LogP contribution in [0.3, 0.4) is 0 Å². The lowest BCUT2D eigenvalue weighted by Gasteiger charge is -2.20. The molecule has 14 heavy (non-hydrogen) atoms. The number of nitrogens with zero attached hydrogens (tertiary/aromatic N) is 1. The van der Waals surface area contributed by atoms with E-state index >= 15 is 0 Å². The van der Waals surface area contributed by atoms with Crippen LogP contribution in [0.2, 0.25) is 0 Å². The zero-order valence-corrected chi connectivity index (χ0v) is 9.01. The van der Waals surface area contributed by atoms with Crippen LogP contribution in [0, 0.1) is 0 Å². The third kappa shape index (κ3) is 1.98. The molecule has 2 rings (SSSR count). The van der Waals surface area contributed by atoms with Crippen LogP contribution in [0.1, 0.15) is 49.9 Å². The number of nitrogens with one attached hydrogen (secondary N) is 2. The minimum absolute atomic E-state index is 0.529. The molecule has 0 amide bonds. The van der Waals surface area contributed by atoms with Crippen molar-refractivity contribution in [2.24, 2.45) is 0 Å². The van der Waals surface area contributed by atoms with E-state index in [1.54, 1.807) is 0 Å². The standard InChI is InChI=1S/C11H19N3/c1-8(2)10-7-11(14-13-10)9-3-5-12-6-4-9/h7-9,12H,3-6H2,1-2H3,(H,13,14). The number of rotatable bonds is 2. The molecule has 1 aliphatic heterocycles. The van der Waals surface area contributed by atoms with Crippen LogP contribution in [0.4, 0.5) is 0 Å². The first-order chi connectivity index (χ1) is 6.77. The molecule has 0 spiro atoms. The van der Waals surface area contributed by atoms with E-state index in [2.05, 4.69) is 35.4 Å². The van der Waals surface area contributed by atoms with E-state index in [1.165, 1.54) is 24.2 Å². The van der Waals surface area contributed by atoms with Gasteiger partial charge in [0, 0.05) is 11.6 Å². The van der Waals surface area contributed by atoms with Crippen LogP contribution in [0.25, 0.3) is 0 Å². The van der Waals surface area contributed by atoms with Crippen molar-refractivity contribution in [1.29, 1.82) is 0 Å².